The maximum atomic E-state index is 2.58. The highest BCUT2D eigenvalue weighted by molar-refractivity contribution is 4.97. The minimum atomic E-state index is 0.931. The smallest absolute Gasteiger partial charge is 0.0324 e. The molecule has 0 aromatic rings. The van der Waals surface area contributed by atoms with E-state index >= 15 is 0 Å². The van der Waals surface area contributed by atoms with Gasteiger partial charge in [-0.2, -0.15) is 0 Å². The fraction of sp³-hybridized carbons (Fsp3) is 0.889. The topological polar surface area (TPSA) is 0 Å². The molecular weight excluding hydrogens is 108 g/mol. The van der Waals surface area contributed by atoms with Gasteiger partial charge < -0.3 is 0 Å². The monoisotopic (exact) mass is 123 g/mol. The molecule has 0 spiro atoms. The third kappa shape index (κ3) is 0.889. The Morgan fingerprint density at radius 1 is 1.33 bits per heavy atom. The molecule has 2 rings (SSSR count). The zero-order chi connectivity index (χ0) is 6.27. The van der Waals surface area contributed by atoms with E-state index < -0.39 is 0 Å². The van der Waals surface area contributed by atoms with Gasteiger partial charge in [-0.3, -0.25) is 0 Å². The molecule has 1 unspecified atom stereocenters. The second kappa shape index (κ2) is 2.00. The van der Waals surface area contributed by atoms with Gasteiger partial charge in [0.15, 0.2) is 0 Å². The summed E-state index contributed by atoms with van der Waals surface area (Å²) in [5, 5.41) is 0. The van der Waals surface area contributed by atoms with Gasteiger partial charge in [0.1, 0.15) is 0 Å². The first-order chi connectivity index (χ1) is 4.36. The van der Waals surface area contributed by atoms with Gasteiger partial charge in [0.2, 0.25) is 0 Å². The Bertz CT molecular complexity index is 94.6. The molecular formula is C9H15. The predicted molar refractivity (Wildman–Crippen MR) is 38.9 cm³/mol. The molecule has 0 bridgehead atoms. The third-order valence-corrected chi connectivity index (χ3v) is 2.97. The van der Waals surface area contributed by atoms with Gasteiger partial charge in [-0.15, -0.1) is 0 Å². The lowest BCUT2D eigenvalue weighted by Crippen LogP contribution is -1.96. The van der Waals surface area contributed by atoms with E-state index in [4.69, 9.17) is 0 Å². The third-order valence-electron chi connectivity index (χ3n) is 2.97. The highest BCUT2D eigenvalue weighted by Crippen LogP contribution is 2.45. The Labute approximate surface area is 57.6 Å². The zero-order valence-electron chi connectivity index (χ0n) is 6.14. The molecule has 51 valence electrons. The predicted octanol–water partition coefficient (Wildman–Crippen LogP) is 2.65. The number of rotatable bonds is 0. The lowest BCUT2D eigenvalue weighted by Gasteiger charge is -2.04. The average Bonchev–Trinajstić information content (AvgIpc) is 2.22. The van der Waals surface area contributed by atoms with Crippen molar-refractivity contribution in [3.05, 3.63) is 6.42 Å². The number of fused-ring (bicyclic) bond motifs is 1. The first kappa shape index (κ1) is 5.76. The van der Waals surface area contributed by atoms with Gasteiger partial charge in [-0.1, -0.05) is 19.8 Å². The summed E-state index contributed by atoms with van der Waals surface area (Å²) in [6, 6.07) is 0. The van der Waals surface area contributed by atoms with E-state index in [1.807, 2.05) is 0 Å². The van der Waals surface area contributed by atoms with Crippen molar-refractivity contribution < 1.29 is 0 Å². The van der Waals surface area contributed by atoms with Crippen molar-refractivity contribution in [2.45, 2.75) is 32.6 Å². The van der Waals surface area contributed by atoms with Crippen LogP contribution in [0.3, 0.4) is 0 Å². The molecule has 0 amide bonds. The zero-order valence-corrected chi connectivity index (χ0v) is 6.14. The van der Waals surface area contributed by atoms with E-state index in [9.17, 15) is 0 Å². The standard InChI is InChI=1S/C9H15/c1-7-5-8-3-2-4-9(8)6-7/h5,7-9H,2-4,6H2,1H3/t7?,8-,9-/m1/s1. The van der Waals surface area contributed by atoms with E-state index in [1.165, 1.54) is 25.7 Å². The molecule has 0 N–H and O–H groups in total. The molecule has 0 aromatic carbocycles. The normalized spacial score (nSPS) is 43.7. The first-order valence-corrected chi connectivity index (χ1v) is 4.21. The molecule has 2 aliphatic rings. The lowest BCUT2D eigenvalue weighted by atomic mass is 10.0. The number of hydrogen-bond donors (Lipinski definition) is 0. The van der Waals surface area contributed by atoms with Crippen molar-refractivity contribution in [3.8, 4) is 0 Å². The van der Waals surface area contributed by atoms with Crippen LogP contribution in [0.2, 0.25) is 0 Å². The Morgan fingerprint density at radius 2 is 2.22 bits per heavy atom. The molecule has 2 saturated carbocycles. The summed E-state index contributed by atoms with van der Waals surface area (Å²) >= 11 is 0. The van der Waals surface area contributed by atoms with Gasteiger partial charge in [-0.25, -0.2) is 0 Å². The summed E-state index contributed by atoms with van der Waals surface area (Å²) < 4.78 is 0. The second-order valence-corrected chi connectivity index (χ2v) is 3.76. The molecule has 0 heteroatoms. The van der Waals surface area contributed by atoms with Crippen LogP contribution in [0.25, 0.3) is 0 Å². The van der Waals surface area contributed by atoms with Crippen molar-refractivity contribution in [3.63, 3.8) is 0 Å². The van der Waals surface area contributed by atoms with Crippen LogP contribution in [-0.4, -0.2) is 0 Å². The SMILES string of the molecule is CC1[CH][C@H]2CCC[C@@H]2C1. The molecule has 0 aliphatic heterocycles. The van der Waals surface area contributed by atoms with E-state index in [0.717, 1.165) is 17.8 Å². The Balaban J connectivity index is 2.02. The highest BCUT2D eigenvalue weighted by Gasteiger charge is 2.35. The van der Waals surface area contributed by atoms with Crippen LogP contribution in [0, 0.1) is 24.2 Å². The highest BCUT2D eigenvalue weighted by atomic mass is 14.4. The average molecular weight is 123 g/mol. The van der Waals surface area contributed by atoms with Crippen molar-refractivity contribution in [2.24, 2.45) is 17.8 Å². The minimum absolute atomic E-state index is 0.931. The van der Waals surface area contributed by atoms with E-state index in [1.54, 1.807) is 0 Å². The summed E-state index contributed by atoms with van der Waals surface area (Å²) in [5.74, 6) is 3.06. The van der Waals surface area contributed by atoms with Gasteiger partial charge in [-0.05, 0) is 37.0 Å². The molecule has 3 atom stereocenters. The molecule has 0 saturated heterocycles. The summed E-state index contributed by atoms with van der Waals surface area (Å²) in [7, 11) is 0. The first-order valence-electron chi connectivity index (χ1n) is 4.21. The van der Waals surface area contributed by atoms with E-state index in [0.29, 0.717) is 0 Å². The van der Waals surface area contributed by atoms with Gasteiger partial charge in [0.05, 0.1) is 0 Å². The minimum Gasteiger partial charge on any atom is -0.0622 e. The fourth-order valence-corrected chi connectivity index (χ4v) is 2.59. The Hall–Kier alpha value is 0. The summed E-state index contributed by atoms with van der Waals surface area (Å²) in [5.41, 5.74) is 0. The van der Waals surface area contributed by atoms with Crippen LogP contribution in [0.4, 0.5) is 0 Å². The summed E-state index contributed by atoms with van der Waals surface area (Å²) in [6.45, 7) is 2.36. The van der Waals surface area contributed by atoms with Gasteiger partial charge >= 0.3 is 0 Å². The lowest BCUT2D eigenvalue weighted by molar-refractivity contribution is 0.475. The van der Waals surface area contributed by atoms with Crippen molar-refractivity contribution in [2.75, 3.05) is 0 Å². The molecule has 0 heterocycles. The van der Waals surface area contributed by atoms with Gasteiger partial charge in [0, 0.05) is 0 Å². The maximum Gasteiger partial charge on any atom is -0.0324 e. The van der Waals surface area contributed by atoms with Crippen molar-refractivity contribution >= 4 is 0 Å². The van der Waals surface area contributed by atoms with Crippen LogP contribution in [0.1, 0.15) is 32.6 Å². The second-order valence-electron chi connectivity index (χ2n) is 3.76. The fourth-order valence-electron chi connectivity index (χ4n) is 2.59. The number of hydrogen-bond acceptors (Lipinski definition) is 0. The molecule has 0 nitrogen and oxygen atoms in total. The van der Waals surface area contributed by atoms with Gasteiger partial charge in [0.25, 0.3) is 0 Å². The largest absolute Gasteiger partial charge is 0.0622 e. The van der Waals surface area contributed by atoms with Crippen molar-refractivity contribution in [1.82, 2.24) is 0 Å². The van der Waals surface area contributed by atoms with Crippen LogP contribution in [0.15, 0.2) is 0 Å². The Kier molecular flexibility index (Phi) is 1.28. The van der Waals surface area contributed by atoms with Crippen LogP contribution in [0.5, 0.6) is 0 Å². The molecule has 2 aliphatic carbocycles. The van der Waals surface area contributed by atoms with Crippen LogP contribution >= 0.6 is 0 Å². The molecule has 0 aromatic heterocycles. The molecule has 2 fully saturated rings. The van der Waals surface area contributed by atoms with Crippen LogP contribution < -0.4 is 0 Å². The molecule has 9 heavy (non-hydrogen) atoms. The van der Waals surface area contributed by atoms with Crippen molar-refractivity contribution in [1.29, 1.82) is 0 Å². The molecule has 1 radical (unpaired) electrons. The summed E-state index contributed by atoms with van der Waals surface area (Å²) in [4.78, 5) is 0. The van der Waals surface area contributed by atoms with E-state index in [-0.39, 0.29) is 0 Å². The summed E-state index contributed by atoms with van der Waals surface area (Å²) in [6.07, 6.45) is 8.58. The van der Waals surface area contributed by atoms with Crippen LogP contribution in [-0.2, 0) is 0 Å². The van der Waals surface area contributed by atoms with E-state index in [2.05, 4.69) is 13.3 Å². The Morgan fingerprint density at radius 3 is 3.00 bits per heavy atom. The quantitative estimate of drug-likeness (QED) is 0.464. The maximum absolute atomic E-state index is 2.58.